The third-order valence-electron chi connectivity index (χ3n) is 3.93. The summed E-state index contributed by atoms with van der Waals surface area (Å²) in [5, 5.41) is 0. The quantitative estimate of drug-likeness (QED) is 0.562. The molecule has 0 spiro atoms. The van der Waals surface area contributed by atoms with Crippen molar-refractivity contribution in [2.24, 2.45) is 0 Å². The third kappa shape index (κ3) is 3.06. The zero-order valence-corrected chi connectivity index (χ0v) is 13.4. The summed E-state index contributed by atoms with van der Waals surface area (Å²) in [6.45, 7) is 7.84. The maximum Gasteiger partial charge on any atom is 0.356 e. The number of nitrogens with two attached hydrogens (primary N) is 1. The van der Waals surface area contributed by atoms with Gasteiger partial charge in [-0.25, -0.2) is 9.13 Å². The average Bonchev–Trinajstić information content (AvgIpc) is 2.83. The van der Waals surface area contributed by atoms with E-state index in [2.05, 4.69) is 34.8 Å². The van der Waals surface area contributed by atoms with Gasteiger partial charge in [0.05, 0.1) is 6.54 Å². The molecule has 3 rings (SSSR count). The van der Waals surface area contributed by atoms with E-state index in [0.29, 0.717) is 19.7 Å². The molecule has 0 aliphatic rings. The van der Waals surface area contributed by atoms with Crippen LogP contribution in [0.2, 0.25) is 0 Å². The highest BCUT2D eigenvalue weighted by atomic mass is 16.5. The molecule has 118 valence electrons. The third-order valence-corrected chi connectivity index (χ3v) is 3.93. The van der Waals surface area contributed by atoms with Crippen molar-refractivity contribution in [1.82, 2.24) is 4.57 Å². The van der Waals surface area contributed by atoms with E-state index < -0.39 is 0 Å². The maximum atomic E-state index is 6.32. The summed E-state index contributed by atoms with van der Waals surface area (Å²) >= 11 is 0. The highest BCUT2D eigenvalue weighted by Gasteiger charge is 2.19. The smallest absolute Gasteiger partial charge is 0.356 e. The molecular weight excluding hydrogens is 286 g/mol. The van der Waals surface area contributed by atoms with Crippen molar-refractivity contribution >= 4 is 17.0 Å². The molecule has 4 nitrogen and oxygen atoms in total. The van der Waals surface area contributed by atoms with E-state index in [1.54, 1.807) is 0 Å². The van der Waals surface area contributed by atoms with E-state index in [1.807, 2.05) is 42.5 Å². The van der Waals surface area contributed by atoms with Gasteiger partial charge in [0.25, 0.3) is 0 Å². The number of rotatable bonds is 6. The van der Waals surface area contributed by atoms with Crippen LogP contribution in [0.3, 0.4) is 0 Å². The Morgan fingerprint density at radius 1 is 1.17 bits per heavy atom. The van der Waals surface area contributed by atoms with Gasteiger partial charge < -0.3 is 4.74 Å². The second-order valence-electron chi connectivity index (χ2n) is 5.56. The second-order valence-corrected chi connectivity index (χ2v) is 5.56. The fraction of sp³-hybridized carbons (Fsp3) is 0.211. The van der Waals surface area contributed by atoms with E-state index in [-0.39, 0.29) is 0 Å². The number of ether oxygens (including phenoxy) is 1. The zero-order valence-electron chi connectivity index (χ0n) is 13.4. The minimum absolute atomic E-state index is 0.569. The molecule has 2 aromatic carbocycles. The number of anilines is 1. The van der Waals surface area contributed by atoms with Crippen LogP contribution < -0.4 is 15.0 Å². The van der Waals surface area contributed by atoms with Gasteiger partial charge in [-0.1, -0.05) is 42.5 Å². The van der Waals surface area contributed by atoms with Crippen LogP contribution >= 0.6 is 0 Å². The van der Waals surface area contributed by atoms with Crippen molar-refractivity contribution in [1.29, 1.82) is 0 Å². The van der Waals surface area contributed by atoms with Crippen molar-refractivity contribution in [3.63, 3.8) is 0 Å². The Morgan fingerprint density at radius 3 is 2.65 bits per heavy atom. The van der Waals surface area contributed by atoms with Gasteiger partial charge in [-0.05, 0) is 31.2 Å². The lowest BCUT2D eigenvalue weighted by Crippen LogP contribution is -2.39. The summed E-state index contributed by atoms with van der Waals surface area (Å²) in [6.07, 6.45) is 1.86. The molecule has 0 aliphatic carbocycles. The van der Waals surface area contributed by atoms with Gasteiger partial charge in [0, 0.05) is 0 Å². The van der Waals surface area contributed by atoms with Crippen molar-refractivity contribution in [3.8, 4) is 5.75 Å². The Balaban J connectivity index is 1.81. The van der Waals surface area contributed by atoms with Crippen LogP contribution in [0, 0.1) is 6.92 Å². The first-order valence-electron chi connectivity index (χ1n) is 7.77. The summed E-state index contributed by atoms with van der Waals surface area (Å²) in [6, 6.07) is 16.3. The highest BCUT2D eigenvalue weighted by molar-refractivity contribution is 5.73. The number of nitrogens with zero attached hydrogens (tertiary/aromatic N) is 2. The van der Waals surface area contributed by atoms with E-state index >= 15 is 0 Å². The van der Waals surface area contributed by atoms with E-state index in [9.17, 15) is 0 Å². The van der Waals surface area contributed by atoms with Crippen molar-refractivity contribution in [2.75, 3.05) is 12.3 Å². The van der Waals surface area contributed by atoms with Crippen LogP contribution in [0.1, 0.15) is 5.56 Å². The molecule has 3 aromatic rings. The lowest BCUT2D eigenvalue weighted by Gasteiger charge is -2.06. The lowest BCUT2D eigenvalue weighted by atomic mass is 10.2. The van der Waals surface area contributed by atoms with Crippen LogP contribution in [0.15, 0.2) is 61.2 Å². The average molecular weight is 308 g/mol. The first kappa shape index (κ1) is 15.2. The predicted octanol–water partition coefficient (Wildman–Crippen LogP) is 3.08. The minimum atomic E-state index is 0.569. The Morgan fingerprint density at radius 2 is 1.91 bits per heavy atom. The molecule has 0 unspecified atom stereocenters. The molecule has 4 heteroatoms. The molecule has 0 atom stereocenters. The van der Waals surface area contributed by atoms with Gasteiger partial charge in [0.2, 0.25) is 0 Å². The maximum absolute atomic E-state index is 6.32. The predicted molar refractivity (Wildman–Crippen MR) is 93.4 cm³/mol. The van der Waals surface area contributed by atoms with Crippen LogP contribution in [0.25, 0.3) is 11.0 Å². The summed E-state index contributed by atoms with van der Waals surface area (Å²) < 4.78 is 9.99. The van der Waals surface area contributed by atoms with Gasteiger partial charge in [-0.3, -0.25) is 5.73 Å². The van der Waals surface area contributed by atoms with Crippen LogP contribution in [-0.4, -0.2) is 11.2 Å². The standard InChI is InChI=1S/C19H21N3O/c1-3-12-21-17-6-4-5-7-18(17)22(19(21)20)13-14-23-16-10-8-15(2)9-11-16/h3-11,20H,1,12-14H2,2H3/p+1. The van der Waals surface area contributed by atoms with Crippen LogP contribution in [-0.2, 0) is 13.1 Å². The fourth-order valence-electron chi connectivity index (χ4n) is 2.76. The number of nitrogen functional groups attached to an aromatic ring is 1. The van der Waals surface area contributed by atoms with Gasteiger partial charge in [0.1, 0.15) is 29.9 Å². The lowest BCUT2D eigenvalue weighted by molar-refractivity contribution is -0.658. The fourth-order valence-corrected chi connectivity index (χ4v) is 2.76. The van der Waals surface area contributed by atoms with Gasteiger partial charge in [-0.2, -0.15) is 0 Å². The molecular formula is C19H22N3O+. The Labute approximate surface area is 136 Å². The highest BCUT2D eigenvalue weighted by Crippen LogP contribution is 2.16. The van der Waals surface area contributed by atoms with Crippen molar-refractivity contribution in [2.45, 2.75) is 20.0 Å². The molecule has 1 heterocycles. The second kappa shape index (κ2) is 6.57. The minimum Gasteiger partial charge on any atom is -0.490 e. The van der Waals surface area contributed by atoms with E-state index in [1.165, 1.54) is 5.56 Å². The van der Waals surface area contributed by atoms with Crippen LogP contribution in [0.4, 0.5) is 5.95 Å². The molecule has 0 radical (unpaired) electrons. The molecule has 0 aliphatic heterocycles. The first-order chi connectivity index (χ1) is 11.2. The molecule has 0 fully saturated rings. The van der Waals surface area contributed by atoms with Crippen molar-refractivity contribution in [3.05, 3.63) is 66.7 Å². The SMILES string of the molecule is C=CCn1c(N)[n+](CCOc2ccc(C)cc2)c2ccccc21. The summed E-state index contributed by atoms with van der Waals surface area (Å²) in [7, 11) is 0. The number of fused-ring (bicyclic) bond motifs is 1. The molecule has 0 saturated heterocycles. The summed E-state index contributed by atoms with van der Waals surface area (Å²) in [5.74, 6) is 1.60. The first-order valence-corrected chi connectivity index (χ1v) is 7.77. The van der Waals surface area contributed by atoms with Crippen molar-refractivity contribution < 1.29 is 9.30 Å². The number of aromatic nitrogens is 2. The normalized spacial score (nSPS) is 10.8. The molecule has 0 amide bonds. The monoisotopic (exact) mass is 308 g/mol. The largest absolute Gasteiger partial charge is 0.490 e. The topological polar surface area (TPSA) is 44.1 Å². The van der Waals surface area contributed by atoms with Gasteiger partial charge in [0.15, 0.2) is 0 Å². The number of hydrogen-bond acceptors (Lipinski definition) is 2. The Bertz CT molecular complexity index is 818. The zero-order chi connectivity index (χ0) is 16.2. The number of aryl methyl sites for hydroxylation is 1. The summed E-state index contributed by atoms with van der Waals surface area (Å²) in [5.41, 5.74) is 9.77. The summed E-state index contributed by atoms with van der Waals surface area (Å²) in [4.78, 5) is 0. The van der Waals surface area contributed by atoms with Gasteiger partial charge in [-0.15, -0.1) is 0 Å². The Hall–Kier alpha value is -2.75. The molecule has 23 heavy (non-hydrogen) atoms. The molecule has 0 saturated carbocycles. The van der Waals surface area contributed by atoms with Crippen LogP contribution in [0.5, 0.6) is 5.75 Å². The number of imidazole rings is 1. The molecule has 1 aromatic heterocycles. The molecule has 0 bridgehead atoms. The number of hydrogen-bond donors (Lipinski definition) is 1. The Kier molecular flexibility index (Phi) is 4.33. The number of para-hydroxylation sites is 2. The molecule has 2 N–H and O–H groups in total. The van der Waals surface area contributed by atoms with E-state index in [4.69, 9.17) is 10.5 Å². The number of allylic oxidation sites excluding steroid dienone is 1. The number of benzene rings is 2. The van der Waals surface area contributed by atoms with E-state index in [0.717, 1.165) is 22.7 Å². The van der Waals surface area contributed by atoms with Gasteiger partial charge >= 0.3 is 5.95 Å².